The van der Waals surface area contributed by atoms with Gasteiger partial charge in [0.05, 0.1) is 18.0 Å². The minimum atomic E-state index is -0.421. The van der Waals surface area contributed by atoms with Gasteiger partial charge < -0.3 is 10.5 Å². The minimum absolute atomic E-state index is 0.206. The van der Waals surface area contributed by atoms with Gasteiger partial charge in [0.25, 0.3) is 0 Å². The van der Waals surface area contributed by atoms with Crippen LogP contribution >= 0.6 is 0 Å². The van der Waals surface area contributed by atoms with E-state index in [1.807, 2.05) is 19.1 Å². The summed E-state index contributed by atoms with van der Waals surface area (Å²) < 4.78 is 20.6. The molecule has 0 radical (unpaired) electrons. The van der Waals surface area contributed by atoms with Crippen molar-refractivity contribution in [3.63, 3.8) is 0 Å². The highest BCUT2D eigenvalue weighted by atomic mass is 19.1. The van der Waals surface area contributed by atoms with E-state index in [0.29, 0.717) is 23.9 Å². The largest absolute Gasteiger partial charge is 0.435 e. The van der Waals surface area contributed by atoms with Gasteiger partial charge in [0.1, 0.15) is 5.82 Å². The fraction of sp³-hybridized carbons (Fsp3) is 0.111. The van der Waals surface area contributed by atoms with Crippen LogP contribution in [-0.2, 0) is 6.54 Å². The van der Waals surface area contributed by atoms with Gasteiger partial charge in [0.2, 0.25) is 5.88 Å². The lowest BCUT2D eigenvalue weighted by atomic mass is 10.1. The van der Waals surface area contributed by atoms with E-state index in [1.54, 1.807) is 22.9 Å². The van der Waals surface area contributed by atoms with Gasteiger partial charge in [-0.15, -0.1) is 5.10 Å². The van der Waals surface area contributed by atoms with Crippen LogP contribution in [0.3, 0.4) is 0 Å². The Hall–Kier alpha value is -3.33. The molecule has 120 valence electrons. The van der Waals surface area contributed by atoms with E-state index in [0.717, 1.165) is 11.3 Å². The Bertz CT molecular complexity index is 927. The van der Waals surface area contributed by atoms with Crippen LogP contribution in [0, 0.1) is 12.4 Å². The molecule has 0 aliphatic carbocycles. The minimum Gasteiger partial charge on any atom is -0.435 e. The van der Waals surface area contributed by atoms with Gasteiger partial charge in [-0.05, 0) is 30.7 Å². The number of hydrogen-bond acceptors (Lipinski definition) is 3. The molecule has 0 spiro atoms. The summed E-state index contributed by atoms with van der Waals surface area (Å²) in [5.74, 6) is 0.285. The average Bonchev–Trinajstić information content (AvgIpc) is 3.00. The summed E-state index contributed by atoms with van der Waals surface area (Å²) in [6, 6.07) is 13.0. The number of ether oxygens (including phenoxy) is 1. The van der Waals surface area contributed by atoms with Crippen molar-refractivity contribution < 1.29 is 9.13 Å². The van der Waals surface area contributed by atoms with Crippen LogP contribution in [0.5, 0.6) is 11.6 Å². The lowest BCUT2D eigenvalue weighted by Crippen LogP contribution is -1.99. The summed E-state index contributed by atoms with van der Waals surface area (Å²) in [7, 11) is 0. The van der Waals surface area contributed by atoms with E-state index in [2.05, 4.69) is 9.94 Å². The summed E-state index contributed by atoms with van der Waals surface area (Å²) in [6.07, 6.45) is 0. The molecule has 3 rings (SSSR count). The highest BCUT2D eigenvalue weighted by Gasteiger charge is 2.12. The molecule has 0 amide bonds. The average molecular weight is 322 g/mol. The fourth-order valence-electron chi connectivity index (χ4n) is 2.38. The number of nitrogen functional groups attached to an aromatic ring is 1. The number of nitrogens with zero attached hydrogens (tertiary/aromatic N) is 3. The Balaban J connectivity index is 1.97. The van der Waals surface area contributed by atoms with E-state index >= 15 is 0 Å². The normalized spacial score (nSPS) is 10.4. The van der Waals surface area contributed by atoms with Crippen LogP contribution in [0.15, 0.2) is 48.5 Å². The molecule has 0 saturated carbocycles. The number of halogens is 1. The Morgan fingerprint density at radius 2 is 2.08 bits per heavy atom. The molecule has 6 heteroatoms. The van der Waals surface area contributed by atoms with Gasteiger partial charge in [-0.25, -0.2) is 9.24 Å². The molecule has 0 saturated heterocycles. The summed E-state index contributed by atoms with van der Waals surface area (Å²) >= 11 is 0. The molecule has 24 heavy (non-hydrogen) atoms. The third-order valence-corrected chi connectivity index (χ3v) is 3.51. The topological polar surface area (TPSA) is 57.4 Å². The molecule has 5 nitrogen and oxygen atoms in total. The van der Waals surface area contributed by atoms with Crippen molar-refractivity contribution >= 4 is 11.4 Å². The molecule has 0 atom stereocenters. The number of aromatic nitrogens is 2. The maximum atomic E-state index is 13.1. The van der Waals surface area contributed by atoms with Gasteiger partial charge in [0, 0.05) is 18.7 Å². The molecule has 1 heterocycles. The predicted octanol–water partition coefficient (Wildman–Crippen LogP) is 4.63. The van der Waals surface area contributed by atoms with E-state index in [4.69, 9.17) is 17.0 Å². The summed E-state index contributed by atoms with van der Waals surface area (Å²) in [4.78, 5) is 3.44. The van der Waals surface area contributed by atoms with Crippen LogP contribution < -0.4 is 10.5 Å². The summed E-state index contributed by atoms with van der Waals surface area (Å²) in [6.45, 7) is 9.73. The molecule has 1 aromatic heterocycles. The fourth-order valence-corrected chi connectivity index (χ4v) is 2.38. The second kappa shape index (κ2) is 6.42. The lowest BCUT2D eigenvalue weighted by Gasteiger charge is -2.05. The number of benzene rings is 2. The van der Waals surface area contributed by atoms with Crippen molar-refractivity contribution in [1.29, 1.82) is 0 Å². The van der Waals surface area contributed by atoms with Gasteiger partial charge >= 0.3 is 0 Å². The predicted molar refractivity (Wildman–Crippen MR) is 90.5 cm³/mol. The van der Waals surface area contributed by atoms with Crippen LogP contribution in [0.25, 0.3) is 16.1 Å². The molecule has 0 aliphatic heterocycles. The highest BCUT2D eigenvalue weighted by Crippen LogP contribution is 2.31. The highest BCUT2D eigenvalue weighted by molar-refractivity contribution is 5.67. The summed E-state index contributed by atoms with van der Waals surface area (Å²) in [5, 5.41) is 4.39. The Kier molecular flexibility index (Phi) is 4.17. The first-order valence-corrected chi connectivity index (χ1v) is 7.39. The zero-order valence-corrected chi connectivity index (χ0v) is 13.0. The number of rotatable bonds is 4. The van der Waals surface area contributed by atoms with E-state index in [1.165, 1.54) is 18.2 Å². The van der Waals surface area contributed by atoms with Crippen molar-refractivity contribution in [3.8, 4) is 22.9 Å². The maximum Gasteiger partial charge on any atom is 0.238 e. The van der Waals surface area contributed by atoms with Crippen molar-refractivity contribution in [3.05, 3.63) is 65.8 Å². The van der Waals surface area contributed by atoms with Crippen molar-refractivity contribution in [2.45, 2.75) is 13.5 Å². The van der Waals surface area contributed by atoms with Crippen molar-refractivity contribution in [2.75, 3.05) is 5.73 Å². The molecule has 2 aromatic carbocycles. The Morgan fingerprint density at radius 3 is 2.79 bits per heavy atom. The smallest absolute Gasteiger partial charge is 0.238 e. The number of nitrogens with two attached hydrogens (primary N) is 1. The second-order valence-electron chi connectivity index (χ2n) is 5.13. The van der Waals surface area contributed by atoms with Crippen LogP contribution in [0.1, 0.15) is 6.92 Å². The zero-order chi connectivity index (χ0) is 17.1. The number of anilines is 1. The summed E-state index contributed by atoms with van der Waals surface area (Å²) in [5.41, 5.74) is 8.23. The van der Waals surface area contributed by atoms with Crippen molar-refractivity contribution in [2.24, 2.45) is 0 Å². The molecule has 0 aliphatic rings. The number of aryl methyl sites for hydroxylation is 1. The third kappa shape index (κ3) is 3.06. The molecule has 0 bridgehead atoms. The molecule has 0 fully saturated rings. The van der Waals surface area contributed by atoms with Gasteiger partial charge in [-0.1, -0.05) is 18.2 Å². The van der Waals surface area contributed by atoms with Gasteiger partial charge in [-0.2, -0.15) is 0 Å². The first-order chi connectivity index (χ1) is 11.6. The molecular weight excluding hydrogens is 307 g/mol. The Labute approximate surface area is 138 Å². The second-order valence-corrected chi connectivity index (χ2v) is 5.13. The quantitative estimate of drug-likeness (QED) is 0.562. The van der Waals surface area contributed by atoms with Crippen LogP contribution in [-0.4, -0.2) is 9.78 Å². The first kappa shape index (κ1) is 15.6. The monoisotopic (exact) mass is 322 g/mol. The molecule has 0 unspecified atom stereocenters. The van der Waals surface area contributed by atoms with E-state index < -0.39 is 5.82 Å². The SMILES string of the molecule is [C-]#[N+]c1cccc(-c2cc(Oc3ccc(F)cc3N)nn2CC)c1. The zero-order valence-electron chi connectivity index (χ0n) is 13.0. The number of hydrogen-bond donors (Lipinski definition) is 1. The first-order valence-electron chi connectivity index (χ1n) is 7.39. The molecular formula is C18H15FN4O. The van der Waals surface area contributed by atoms with E-state index in [9.17, 15) is 4.39 Å². The van der Waals surface area contributed by atoms with E-state index in [-0.39, 0.29) is 5.69 Å². The lowest BCUT2D eigenvalue weighted by molar-refractivity contribution is 0.450. The maximum absolute atomic E-state index is 13.1. The Morgan fingerprint density at radius 1 is 1.25 bits per heavy atom. The van der Waals surface area contributed by atoms with Crippen LogP contribution in [0.2, 0.25) is 0 Å². The van der Waals surface area contributed by atoms with Gasteiger partial charge in [-0.3, -0.25) is 4.68 Å². The molecule has 3 aromatic rings. The standard InChI is InChI=1S/C18H15FN4O/c1-3-23-16(12-5-4-6-14(9-12)21-2)11-18(22-23)24-17-8-7-13(19)10-15(17)20/h4-11H,3,20H2,1H3. The van der Waals surface area contributed by atoms with Gasteiger partial charge in [0.15, 0.2) is 11.4 Å². The van der Waals surface area contributed by atoms with Crippen LogP contribution in [0.4, 0.5) is 15.8 Å². The van der Waals surface area contributed by atoms with Crippen molar-refractivity contribution in [1.82, 2.24) is 9.78 Å². The molecule has 2 N–H and O–H groups in total. The third-order valence-electron chi connectivity index (χ3n) is 3.51.